The van der Waals surface area contributed by atoms with E-state index in [-0.39, 0.29) is 0 Å². The predicted octanol–water partition coefficient (Wildman–Crippen LogP) is 5.59. The number of hydrogen-bond donors (Lipinski definition) is 0. The van der Waals surface area contributed by atoms with Crippen LogP contribution in [0.5, 0.6) is 0 Å². The van der Waals surface area contributed by atoms with E-state index in [0.29, 0.717) is 10.8 Å². The Hall–Kier alpha value is -0.260. The van der Waals surface area contributed by atoms with Crippen molar-refractivity contribution in [3.05, 3.63) is 12.2 Å². The van der Waals surface area contributed by atoms with Gasteiger partial charge in [0.05, 0.1) is 0 Å². The molecule has 0 amide bonds. The zero-order valence-electron chi connectivity index (χ0n) is 12.9. The summed E-state index contributed by atoms with van der Waals surface area (Å²) in [5.74, 6) is 3.94. The van der Waals surface area contributed by atoms with Crippen LogP contribution in [-0.2, 0) is 0 Å². The van der Waals surface area contributed by atoms with Gasteiger partial charge in [0.1, 0.15) is 0 Å². The standard InChI is InChI=1S/C19H30/c1-13-5-4-9-18(3)16(13)8-10-19-11-14(2)15(12-19)6-7-17(18)19/h13,15-17H,2,4-12H2,1,3H3/t13-,15-,16-,17+,18-,19-/m1/s1. The van der Waals surface area contributed by atoms with Crippen molar-refractivity contribution >= 4 is 0 Å². The highest BCUT2D eigenvalue weighted by molar-refractivity contribution is 5.21. The zero-order chi connectivity index (χ0) is 13.3. The molecule has 4 aliphatic carbocycles. The van der Waals surface area contributed by atoms with Crippen LogP contribution >= 0.6 is 0 Å². The van der Waals surface area contributed by atoms with Gasteiger partial charge >= 0.3 is 0 Å². The Labute approximate surface area is 119 Å². The van der Waals surface area contributed by atoms with E-state index >= 15 is 0 Å². The van der Waals surface area contributed by atoms with E-state index in [4.69, 9.17) is 0 Å². The van der Waals surface area contributed by atoms with Gasteiger partial charge in [0.15, 0.2) is 0 Å². The van der Waals surface area contributed by atoms with Gasteiger partial charge in [-0.15, -0.1) is 0 Å². The molecule has 0 aromatic carbocycles. The summed E-state index contributed by atoms with van der Waals surface area (Å²) < 4.78 is 0. The van der Waals surface area contributed by atoms with Gasteiger partial charge in [-0.2, -0.15) is 0 Å². The second kappa shape index (κ2) is 3.89. The van der Waals surface area contributed by atoms with Crippen molar-refractivity contribution in [1.82, 2.24) is 0 Å². The summed E-state index contributed by atoms with van der Waals surface area (Å²) in [6, 6.07) is 0. The maximum Gasteiger partial charge on any atom is -0.0200 e. The fourth-order valence-electron chi connectivity index (χ4n) is 7.27. The molecule has 4 rings (SSSR count). The van der Waals surface area contributed by atoms with Crippen LogP contribution in [0.1, 0.15) is 71.6 Å². The van der Waals surface area contributed by atoms with Gasteiger partial charge in [0.25, 0.3) is 0 Å². The van der Waals surface area contributed by atoms with Crippen LogP contribution in [0.25, 0.3) is 0 Å². The lowest BCUT2D eigenvalue weighted by Gasteiger charge is -2.61. The van der Waals surface area contributed by atoms with E-state index in [1.165, 1.54) is 57.8 Å². The third-order valence-electron chi connectivity index (χ3n) is 8.01. The molecule has 0 N–H and O–H groups in total. The lowest BCUT2D eigenvalue weighted by molar-refractivity contribution is -0.120. The molecule has 0 unspecified atom stereocenters. The molecule has 4 aliphatic rings. The van der Waals surface area contributed by atoms with Gasteiger partial charge < -0.3 is 0 Å². The minimum atomic E-state index is 0.672. The Balaban J connectivity index is 1.73. The minimum absolute atomic E-state index is 0.672. The Kier molecular flexibility index (Phi) is 2.56. The van der Waals surface area contributed by atoms with E-state index in [1.54, 1.807) is 5.57 Å². The van der Waals surface area contributed by atoms with E-state index < -0.39 is 0 Å². The average molecular weight is 258 g/mol. The van der Waals surface area contributed by atoms with Gasteiger partial charge in [-0.1, -0.05) is 38.8 Å². The molecule has 2 bridgehead atoms. The third kappa shape index (κ3) is 1.52. The van der Waals surface area contributed by atoms with Crippen molar-refractivity contribution in [3.8, 4) is 0 Å². The molecule has 106 valence electrons. The number of allylic oxidation sites excluding steroid dienone is 1. The molecule has 0 saturated heterocycles. The van der Waals surface area contributed by atoms with Gasteiger partial charge in [-0.05, 0) is 79.4 Å². The molecule has 19 heavy (non-hydrogen) atoms. The van der Waals surface area contributed by atoms with Gasteiger partial charge in [-0.25, -0.2) is 0 Å². The second-order valence-electron chi connectivity index (χ2n) is 8.75. The normalized spacial score (nSPS) is 56.6. The Bertz CT molecular complexity index is 408. The van der Waals surface area contributed by atoms with E-state index in [1.807, 2.05) is 0 Å². The highest BCUT2D eigenvalue weighted by atomic mass is 14.7. The predicted molar refractivity (Wildman–Crippen MR) is 80.9 cm³/mol. The maximum absolute atomic E-state index is 4.42. The van der Waals surface area contributed by atoms with E-state index in [9.17, 15) is 0 Å². The molecule has 0 nitrogen and oxygen atoms in total. The first-order valence-corrected chi connectivity index (χ1v) is 8.73. The van der Waals surface area contributed by atoms with Crippen molar-refractivity contribution in [1.29, 1.82) is 0 Å². The molecular formula is C19H30. The number of fused-ring (bicyclic) bond motifs is 3. The SMILES string of the molecule is C=C1C[C@@]23CC[C@@H]4[C@H](C)CCC[C@@]4(C)[C@@H]2CC[C@@H]1C3. The quantitative estimate of drug-likeness (QED) is 0.497. The van der Waals surface area contributed by atoms with Gasteiger partial charge in [0, 0.05) is 0 Å². The van der Waals surface area contributed by atoms with Crippen molar-refractivity contribution < 1.29 is 0 Å². The molecule has 0 aromatic heterocycles. The van der Waals surface area contributed by atoms with Crippen molar-refractivity contribution in [2.24, 2.45) is 34.5 Å². The molecule has 6 atom stereocenters. The Morgan fingerprint density at radius 3 is 2.79 bits per heavy atom. The zero-order valence-corrected chi connectivity index (χ0v) is 12.9. The number of rotatable bonds is 0. The summed E-state index contributed by atoms with van der Waals surface area (Å²) in [7, 11) is 0. The summed E-state index contributed by atoms with van der Waals surface area (Å²) in [5.41, 5.74) is 2.99. The highest BCUT2D eigenvalue weighted by Gasteiger charge is 2.61. The topological polar surface area (TPSA) is 0 Å². The molecule has 0 aromatic rings. The first-order valence-electron chi connectivity index (χ1n) is 8.73. The molecule has 4 saturated carbocycles. The molecule has 4 fully saturated rings. The summed E-state index contributed by atoms with van der Waals surface area (Å²) >= 11 is 0. The fraction of sp³-hybridized carbons (Fsp3) is 0.895. The Morgan fingerprint density at radius 1 is 1.11 bits per heavy atom. The fourth-order valence-corrected chi connectivity index (χ4v) is 7.27. The highest BCUT2D eigenvalue weighted by Crippen LogP contribution is 2.70. The van der Waals surface area contributed by atoms with Crippen LogP contribution in [0.15, 0.2) is 12.2 Å². The second-order valence-corrected chi connectivity index (χ2v) is 8.75. The third-order valence-corrected chi connectivity index (χ3v) is 8.01. The van der Waals surface area contributed by atoms with Crippen LogP contribution in [-0.4, -0.2) is 0 Å². The summed E-state index contributed by atoms with van der Waals surface area (Å²) in [5, 5.41) is 0. The largest absolute Gasteiger partial charge is 0.0996 e. The maximum atomic E-state index is 4.42. The van der Waals surface area contributed by atoms with Crippen molar-refractivity contribution in [2.75, 3.05) is 0 Å². The van der Waals surface area contributed by atoms with Crippen LogP contribution in [0.3, 0.4) is 0 Å². The lowest BCUT2D eigenvalue weighted by Crippen LogP contribution is -2.53. The van der Waals surface area contributed by atoms with E-state index in [2.05, 4.69) is 20.4 Å². The van der Waals surface area contributed by atoms with E-state index in [0.717, 1.165) is 23.7 Å². The van der Waals surface area contributed by atoms with Gasteiger partial charge in [-0.3, -0.25) is 0 Å². The molecule has 0 radical (unpaired) electrons. The molecule has 0 heteroatoms. The number of hydrogen-bond acceptors (Lipinski definition) is 0. The lowest BCUT2D eigenvalue weighted by atomic mass is 9.43. The van der Waals surface area contributed by atoms with Crippen molar-refractivity contribution in [3.63, 3.8) is 0 Å². The summed E-state index contributed by atoms with van der Waals surface area (Å²) in [6.45, 7) is 9.65. The smallest absolute Gasteiger partial charge is 0.0200 e. The monoisotopic (exact) mass is 258 g/mol. The Morgan fingerprint density at radius 2 is 1.95 bits per heavy atom. The first kappa shape index (κ1) is 12.5. The summed E-state index contributed by atoms with van der Waals surface area (Å²) in [6.07, 6.45) is 13.4. The van der Waals surface area contributed by atoms with Crippen LogP contribution in [0, 0.1) is 34.5 Å². The van der Waals surface area contributed by atoms with Crippen molar-refractivity contribution in [2.45, 2.75) is 71.6 Å². The average Bonchev–Trinajstić information content (AvgIpc) is 2.59. The first-order chi connectivity index (χ1) is 9.05. The molecule has 0 aliphatic heterocycles. The van der Waals surface area contributed by atoms with Crippen LogP contribution in [0.4, 0.5) is 0 Å². The van der Waals surface area contributed by atoms with Crippen LogP contribution < -0.4 is 0 Å². The molecular weight excluding hydrogens is 228 g/mol. The molecule has 0 heterocycles. The van der Waals surface area contributed by atoms with Gasteiger partial charge in [0.2, 0.25) is 0 Å². The minimum Gasteiger partial charge on any atom is -0.0996 e. The molecule has 1 spiro atoms. The van der Waals surface area contributed by atoms with Crippen LogP contribution in [0.2, 0.25) is 0 Å². The summed E-state index contributed by atoms with van der Waals surface area (Å²) in [4.78, 5) is 0.